The molecule has 4 nitrogen and oxygen atoms in total. The number of hydrogen-bond acceptors (Lipinski definition) is 4. The van der Waals surface area contributed by atoms with Crippen LogP contribution in [0.3, 0.4) is 0 Å². The quantitative estimate of drug-likeness (QED) is 0.660. The van der Waals surface area contributed by atoms with Crippen LogP contribution < -0.4 is 0 Å². The van der Waals surface area contributed by atoms with Crippen molar-refractivity contribution in [1.29, 1.82) is 0 Å². The normalized spacial score (nSPS) is 9.69. The SMILES string of the molecule is COC(=O)c1ccc(O)c(CO)c1. The lowest BCUT2D eigenvalue weighted by Gasteiger charge is -2.03. The van der Waals surface area contributed by atoms with E-state index in [0.717, 1.165) is 0 Å². The summed E-state index contributed by atoms with van der Waals surface area (Å²) < 4.78 is 4.47. The number of aliphatic hydroxyl groups excluding tert-OH is 1. The Morgan fingerprint density at radius 1 is 1.54 bits per heavy atom. The number of carbonyl (C=O) groups excluding carboxylic acids is 1. The molecule has 0 amide bonds. The minimum absolute atomic E-state index is 0.0323. The highest BCUT2D eigenvalue weighted by Gasteiger charge is 2.08. The maximum absolute atomic E-state index is 11.0. The summed E-state index contributed by atoms with van der Waals surface area (Å²) in [4.78, 5) is 11.0. The number of benzene rings is 1. The molecular formula is C9H10O4. The first-order valence-electron chi connectivity index (χ1n) is 3.70. The molecule has 0 aliphatic heterocycles. The van der Waals surface area contributed by atoms with Crippen molar-refractivity contribution in [2.75, 3.05) is 7.11 Å². The molecule has 0 heterocycles. The van der Waals surface area contributed by atoms with Crippen LogP contribution in [0.15, 0.2) is 18.2 Å². The van der Waals surface area contributed by atoms with Gasteiger partial charge in [-0.15, -0.1) is 0 Å². The van der Waals surface area contributed by atoms with E-state index in [4.69, 9.17) is 5.11 Å². The molecule has 0 atom stereocenters. The van der Waals surface area contributed by atoms with Crippen LogP contribution in [0.5, 0.6) is 5.75 Å². The van der Waals surface area contributed by atoms with Crippen molar-refractivity contribution in [1.82, 2.24) is 0 Å². The summed E-state index contributed by atoms with van der Waals surface area (Å²) in [7, 11) is 1.27. The largest absolute Gasteiger partial charge is 0.508 e. The highest BCUT2D eigenvalue weighted by molar-refractivity contribution is 5.89. The Morgan fingerprint density at radius 3 is 2.77 bits per heavy atom. The van der Waals surface area contributed by atoms with E-state index < -0.39 is 5.97 Å². The van der Waals surface area contributed by atoms with Gasteiger partial charge in [0.25, 0.3) is 0 Å². The average Bonchev–Trinajstić information content (AvgIpc) is 2.17. The predicted octanol–water partition coefficient (Wildman–Crippen LogP) is 0.671. The number of aliphatic hydroxyl groups is 1. The Labute approximate surface area is 75.4 Å². The summed E-state index contributed by atoms with van der Waals surface area (Å²) in [6, 6.07) is 4.17. The van der Waals surface area contributed by atoms with Crippen LogP contribution in [-0.2, 0) is 11.3 Å². The number of hydrogen-bond donors (Lipinski definition) is 2. The molecule has 1 aromatic rings. The third-order valence-electron chi connectivity index (χ3n) is 1.67. The fourth-order valence-electron chi connectivity index (χ4n) is 0.957. The number of esters is 1. The van der Waals surface area contributed by atoms with E-state index in [1.54, 1.807) is 0 Å². The first-order valence-corrected chi connectivity index (χ1v) is 3.70. The number of rotatable bonds is 2. The van der Waals surface area contributed by atoms with Gasteiger partial charge in [-0.1, -0.05) is 0 Å². The summed E-state index contributed by atoms with van der Waals surface area (Å²) in [6.07, 6.45) is 0. The van der Waals surface area contributed by atoms with E-state index in [1.165, 1.54) is 25.3 Å². The lowest BCUT2D eigenvalue weighted by molar-refractivity contribution is 0.0600. The first kappa shape index (κ1) is 9.54. The second-order valence-electron chi connectivity index (χ2n) is 2.49. The van der Waals surface area contributed by atoms with Crippen LogP contribution >= 0.6 is 0 Å². The van der Waals surface area contributed by atoms with E-state index in [-0.39, 0.29) is 12.4 Å². The summed E-state index contributed by atoms with van der Waals surface area (Å²) in [5.41, 5.74) is 0.618. The van der Waals surface area contributed by atoms with Gasteiger partial charge in [0.1, 0.15) is 5.75 Å². The van der Waals surface area contributed by atoms with Crippen molar-refractivity contribution >= 4 is 5.97 Å². The summed E-state index contributed by atoms with van der Waals surface area (Å²) in [6.45, 7) is -0.309. The van der Waals surface area contributed by atoms with Crippen LogP contribution in [-0.4, -0.2) is 23.3 Å². The molecule has 13 heavy (non-hydrogen) atoms. The van der Waals surface area contributed by atoms with E-state index >= 15 is 0 Å². The molecule has 4 heteroatoms. The van der Waals surface area contributed by atoms with E-state index in [1.807, 2.05) is 0 Å². The maximum Gasteiger partial charge on any atom is 0.337 e. The molecule has 0 fully saturated rings. The van der Waals surface area contributed by atoms with Gasteiger partial charge in [0.05, 0.1) is 19.3 Å². The molecule has 70 valence electrons. The first-order chi connectivity index (χ1) is 6.19. The van der Waals surface area contributed by atoms with Crippen LogP contribution in [0.25, 0.3) is 0 Å². The highest BCUT2D eigenvalue weighted by Crippen LogP contribution is 2.18. The van der Waals surface area contributed by atoms with Crippen molar-refractivity contribution in [3.8, 4) is 5.75 Å². The van der Waals surface area contributed by atoms with Gasteiger partial charge in [-0.3, -0.25) is 0 Å². The van der Waals surface area contributed by atoms with Gasteiger partial charge in [-0.25, -0.2) is 4.79 Å². The average molecular weight is 182 g/mol. The monoisotopic (exact) mass is 182 g/mol. The van der Waals surface area contributed by atoms with Gasteiger partial charge in [0, 0.05) is 5.56 Å². The third kappa shape index (κ3) is 1.97. The Bertz CT molecular complexity index is 319. The second-order valence-corrected chi connectivity index (χ2v) is 2.49. The van der Waals surface area contributed by atoms with Crippen molar-refractivity contribution in [3.05, 3.63) is 29.3 Å². The topological polar surface area (TPSA) is 66.8 Å². The van der Waals surface area contributed by atoms with Crippen LogP contribution in [0.2, 0.25) is 0 Å². The summed E-state index contributed by atoms with van der Waals surface area (Å²) in [5.74, 6) is -0.523. The number of ether oxygens (including phenoxy) is 1. The predicted molar refractivity (Wildman–Crippen MR) is 45.4 cm³/mol. The van der Waals surface area contributed by atoms with E-state index in [9.17, 15) is 9.90 Å². The van der Waals surface area contributed by atoms with Crippen molar-refractivity contribution in [3.63, 3.8) is 0 Å². The molecule has 0 aliphatic rings. The highest BCUT2D eigenvalue weighted by atomic mass is 16.5. The molecule has 0 saturated heterocycles. The van der Waals surface area contributed by atoms with Crippen molar-refractivity contribution in [2.45, 2.75) is 6.61 Å². The summed E-state index contributed by atoms with van der Waals surface area (Å²) in [5, 5.41) is 18.0. The molecule has 1 rings (SSSR count). The molecule has 0 aliphatic carbocycles. The van der Waals surface area contributed by atoms with Gasteiger partial charge in [0.15, 0.2) is 0 Å². The molecule has 0 aromatic heterocycles. The molecular weight excluding hydrogens is 172 g/mol. The van der Waals surface area contributed by atoms with Crippen molar-refractivity contribution in [2.24, 2.45) is 0 Å². The number of carbonyl (C=O) groups is 1. The Kier molecular flexibility index (Phi) is 2.87. The zero-order valence-electron chi connectivity index (χ0n) is 7.15. The minimum Gasteiger partial charge on any atom is -0.508 e. The lowest BCUT2D eigenvalue weighted by atomic mass is 10.1. The van der Waals surface area contributed by atoms with Crippen molar-refractivity contribution < 1.29 is 19.7 Å². The Balaban J connectivity index is 3.06. The van der Waals surface area contributed by atoms with Gasteiger partial charge in [-0.05, 0) is 18.2 Å². The van der Waals surface area contributed by atoms with E-state index in [0.29, 0.717) is 11.1 Å². The molecule has 2 N–H and O–H groups in total. The van der Waals surface area contributed by atoms with Gasteiger partial charge >= 0.3 is 5.97 Å². The molecule has 0 saturated carbocycles. The number of phenols is 1. The standard InChI is InChI=1S/C9H10O4/c1-13-9(12)6-2-3-8(11)7(4-6)5-10/h2-4,10-11H,5H2,1H3. The van der Waals surface area contributed by atoms with Gasteiger partial charge in [-0.2, -0.15) is 0 Å². The van der Waals surface area contributed by atoms with Crippen LogP contribution in [0, 0.1) is 0 Å². The molecule has 0 radical (unpaired) electrons. The number of methoxy groups -OCH3 is 1. The molecule has 0 bridgehead atoms. The smallest absolute Gasteiger partial charge is 0.337 e. The molecule has 1 aromatic carbocycles. The molecule has 0 spiro atoms. The van der Waals surface area contributed by atoms with Gasteiger partial charge in [0.2, 0.25) is 0 Å². The maximum atomic E-state index is 11.0. The van der Waals surface area contributed by atoms with Crippen LogP contribution in [0.1, 0.15) is 15.9 Å². The zero-order valence-corrected chi connectivity index (χ0v) is 7.15. The summed E-state index contributed by atoms with van der Waals surface area (Å²) >= 11 is 0. The fourth-order valence-corrected chi connectivity index (χ4v) is 0.957. The minimum atomic E-state index is -0.491. The van der Waals surface area contributed by atoms with E-state index in [2.05, 4.69) is 4.74 Å². The second kappa shape index (κ2) is 3.91. The van der Waals surface area contributed by atoms with Crippen LogP contribution in [0.4, 0.5) is 0 Å². The zero-order chi connectivity index (χ0) is 9.84. The Morgan fingerprint density at radius 2 is 2.23 bits per heavy atom. The third-order valence-corrected chi connectivity index (χ3v) is 1.67. The lowest BCUT2D eigenvalue weighted by Crippen LogP contribution is -2.01. The molecule has 0 unspecified atom stereocenters. The Hall–Kier alpha value is -1.55. The fraction of sp³-hybridized carbons (Fsp3) is 0.222. The number of aromatic hydroxyl groups is 1. The van der Waals surface area contributed by atoms with Gasteiger partial charge < -0.3 is 14.9 Å².